The number of carbonyl (C=O) groups is 1. The SMILES string of the molecule is NC(=O)CSc1ccccc1NCCOc1ccc(Cl)cc1Br. The normalized spacial score (nSPS) is 10.3. The van der Waals surface area contributed by atoms with E-state index in [1.54, 1.807) is 12.1 Å². The van der Waals surface area contributed by atoms with Crippen LogP contribution in [0.2, 0.25) is 5.02 Å². The first-order chi connectivity index (χ1) is 11.1. The molecule has 4 nitrogen and oxygen atoms in total. The van der Waals surface area contributed by atoms with Crippen molar-refractivity contribution < 1.29 is 9.53 Å². The Kier molecular flexibility index (Phi) is 7.08. The van der Waals surface area contributed by atoms with Crippen LogP contribution in [0.4, 0.5) is 5.69 Å². The molecule has 3 N–H and O–H groups in total. The van der Waals surface area contributed by atoms with E-state index in [2.05, 4.69) is 21.2 Å². The van der Waals surface area contributed by atoms with Gasteiger partial charge in [-0.2, -0.15) is 0 Å². The number of rotatable bonds is 8. The maximum atomic E-state index is 10.9. The predicted molar refractivity (Wildman–Crippen MR) is 99.5 cm³/mol. The van der Waals surface area contributed by atoms with Crippen molar-refractivity contribution in [3.63, 3.8) is 0 Å². The van der Waals surface area contributed by atoms with E-state index in [0.717, 1.165) is 20.8 Å². The van der Waals surface area contributed by atoms with Crippen molar-refractivity contribution in [2.45, 2.75) is 4.90 Å². The zero-order chi connectivity index (χ0) is 16.7. The molecule has 2 aromatic carbocycles. The molecule has 0 spiro atoms. The zero-order valence-corrected chi connectivity index (χ0v) is 15.4. The average molecular weight is 416 g/mol. The zero-order valence-electron chi connectivity index (χ0n) is 12.2. The number of anilines is 1. The van der Waals surface area contributed by atoms with Crippen molar-refractivity contribution in [3.8, 4) is 5.75 Å². The lowest BCUT2D eigenvalue weighted by Gasteiger charge is -2.12. The highest BCUT2D eigenvalue weighted by molar-refractivity contribution is 9.10. The summed E-state index contributed by atoms with van der Waals surface area (Å²) in [7, 11) is 0. The fourth-order valence-electron chi connectivity index (χ4n) is 1.83. The smallest absolute Gasteiger partial charge is 0.227 e. The van der Waals surface area contributed by atoms with Crippen LogP contribution in [0, 0.1) is 0 Å². The number of nitrogens with two attached hydrogens (primary N) is 1. The number of nitrogens with one attached hydrogen (secondary N) is 1. The Hall–Kier alpha value is -1.37. The molecule has 1 amide bonds. The van der Waals surface area contributed by atoms with Crippen molar-refractivity contribution >= 4 is 50.9 Å². The number of primary amides is 1. The molecule has 23 heavy (non-hydrogen) atoms. The third-order valence-electron chi connectivity index (χ3n) is 2.83. The molecule has 7 heteroatoms. The molecule has 0 radical (unpaired) electrons. The summed E-state index contributed by atoms with van der Waals surface area (Å²) in [6.07, 6.45) is 0. The molecule has 2 rings (SSSR count). The van der Waals surface area contributed by atoms with Gasteiger partial charge in [-0.3, -0.25) is 4.79 Å². The molecule has 0 aromatic heterocycles. The highest BCUT2D eigenvalue weighted by Crippen LogP contribution is 2.28. The van der Waals surface area contributed by atoms with E-state index in [1.807, 2.05) is 30.3 Å². The minimum absolute atomic E-state index is 0.257. The molecule has 2 aromatic rings. The summed E-state index contributed by atoms with van der Waals surface area (Å²) in [6.45, 7) is 1.12. The fraction of sp³-hybridized carbons (Fsp3) is 0.188. The maximum absolute atomic E-state index is 10.9. The van der Waals surface area contributed by atoms with Crippen LogP contribution < -0.4 is 15.8 Å². The molecular weight excluding hydrogens is 400 g/mol. The number of hydrogen-bond acceptors (Lipinski definition) is 4. The van der Waals surface area contributed by atoms with Gasteiger partial charge in [0.2, 0.25) is 5.91 Å². The van der Waals surface area contributed by atoms with Gasteiger partial charge in [0.15, 0.2) is 0 Å². The van der Waals surface area contributed by atoms with E-state index in [9.17, 15) is 4.79 Å². The summed E-state index contributed by atoms with van der Waals surface area (Å²) in [6, 6.07) is 13.2. The van der Waals surface area contributed by atoms with E-state index in [-0.39, 0.29) is 11.7 Å². The van der Waals surface area contributed by atoms with E-state index in [4.69, 9.17) is 22.1 Å². The van der Waals surface area contributed by atoms with Gasteiger partial charge < -0.3 is 15.8 Å². The van der Waals surface area contributed by atoms with Gasteiger partial charge >= 0.3 is 0 Å². The van der Waals surface area contributed by atoms with Crippen molar-refractivity contribution in [3.05, 3.63) is 52.0 Å². The van der Waals surface area contributed by atoms with Crippen LogP contribution >= 0.6 is 39.3 Å². The van der Waals surface area contributed by atoms with Crippen LogP contribution in [0.15, 0.2) is 51.8 Å². The van der Waals surface area contributed by atoms with Crippen LogP contribution in [0.25, 0.3) is 0 Å². The van der Waals surface area contributed by atoms with E-state index < -0.39 is 0 Å². The second kappa shape index (κ2) is 9.05. The van der Waals surface area contributed by atoms with Gasteiger partial charge in [-0.15, -0.1) is 11.8 Å². The Morgan fingerprint density at radius 3 is 2.83 bits per heavy atom. The number of amides is 1. The topological polar surface area (TPSA) is 64.4 Å². The van der Waals surface area contributed by atoms with Crippen LogP contribution in [-0.4, -0.2) is 24.8 Å². The van der Waals surface area contributed by atoms with E-state index >= 15 is 0 Å². The van der Waals surface area contributed by atoms with Gasteiger partial charge in [0.1, 0.15) is 12.4 Å². The molecule has 0 aliphatic rings. The Morgan fingerprint density at radius 2 is 2.09 bits per heavy atom. The summed E-state index contributed by atoms with van der Waals surface area (Å²) in [5.74, 6) is 0.667. The second-order valence-corrected chi connectivity index (χ2v) is 6.91. The number of benzene rings is 2. The van der Waals surface area contributed by atoms with Crippen molar-refractivity contribution in [2.75, 3.05) is 24.2 Å². The van der Waals surface area contributed by atoms with Crippen LogP contribution in [-0.2, 0) is 4.79 Å². The van der Waals surface area contributed by atoms with Crippen molar-refractivity contribution in [2.24, 2.45) is 5.73 Å². The van der Waals surface area contributed by atoms with E-state index in [1.165, 1.54) is 11.8 Å². The van der Waals surface area contributed by atoms with Crippen molar-refractivity contribution in [1.29, 1.82) is 0 Å². The van der Waals surface area contributed by atoms with Gasteiger partial charge in [-0.1, -0.05) is 23.7 Å². The predicted octanol–water partition coefficient (Wildman–Crippen LogP) is 4.17. The Morgan fingerprint density at radius 1 is 1.30 bits per heavy atom. The molecule has 0 saturated heterocycles. The van der Waals surface area contributed by atoms with Crippen LogP contribution in [0.5, 0.6) is 5.75 Å². The minimum atomic E-state index is -0.333. The van der Waals surface area contributed by atoms with Crippen LogP contribution in [0.3, 0.4) is 0 Å². The van der Waals surface area contributed by atoms with Gasteiger partial charge in [-0.25, -0.2) is 0 Å². The lowest BCUT2D eigenvalue weighted by molar-refractivity contribution is -0.115. The average Bonchev–Trinajstić information content (AvgIpc) is 2.52. The first kappa shape index (κ1) is 18.0. The van der Waals surface area contributed by atoms with Gasteiger partial charge in [0.25, 0.3) is 0 Å². The highest BCUT2D eigenvalue weighted by atomic mass is 79.9. The third-order valence-corrected chi connectivity index (χ3v) is 4.78. The number of ether oxygens (including phenoxy) is 1. The van der Waals surface area contributed by atoms with Gasteiger partial charge in [0, 0.05) is 22.2 Å². The van der Waals surface area contributed by atoms with Crippen molar-refractivity contribution in [1.82, 2.24) is 0 Å². The van der Waals surface area contributed by atoms with E-state index in [0.29, 0.717) is 18.2 Å². The fourth-order valence-corrected chi connectivity index (χ4v) is 3.39. The molecule has 0 atom stereocenters. The molecule has 0 unspecified atom stereocenters. The Bertz CT molecular complexity index is 685. The molecular formula is C16H16BrClN2O2S. The summed E-state index contributed by atoms with van der Waals surface area (Å²) in [5.41, 5.74) is 6.14. The Balaban J connectivity index is 1.85. The standard InChI is InChI=1S/C16H16BrClN2O2S/c17-12-9-11(18)5-6-14(12)22-8-7-20-13-3-1-2-4-15(13)23-10-16(19)21/h1-6,9,20H,7-8,10H2,(H2,19,21). The number of halogens is 2. The van der Waals surface area contributed by atoms with Gasteiger partial charge in [-0.05, 0) is 46.3 Å². The summed E-state index contributed by atoms with van der Waals surface area (Å²) in [5, 5.41) is 3.95. The first-order valence-corrected chi connectivity index (χ1v) is 9.04. The highest BCUT2D eigenvalue weighted by Gasteiger charge is 2.05. The molecule has 0 bridgehead atoms. The number of carbonyl (C=O) groups excluding carboxylic acids is 1. The first-order valence-electron chi connectivity index (χ1n) is 6.88. The third kappa shape index (κ3) is 5.97. The largest absolute Gasteiger partial charge is 0.491 e. The minimum Gasteiger partial charge on any atom is -0.491 e. The van der Waals surface area contributed by atoms with Crippen LogP contribution in [0.1, 0.15) is 0 Å². The monoisotopic (exact) mass is 414 g/mol. The molecule has 0 fully saturated rings. The number of hydrogen-bond donors (Lipinski definition) is 2. The molecule has 0 aliphatic heterocycles. The lowest BCUT2D eigenvalue weighted by Crippen LogP contribution is -2.14. The molecule has 0 aliphatic carbocycles. The Labute approximate surface area is 152 Å². The molecule has 122 valence electrons. The van der Waals surface area contributed by atoms with Gasteiger partial charge in [0.05, 0.1) is 10.2 Å². The second-order valence-electron chi connectivity index (χ2n) is 4.60. The number of thioether (sulfide) groups is 1. The summed E-state index contributed by atoms with van der Waals surface area (Å²) < 4.78 is 6.52. The maximum Gasteiger partial charge on any atom is 0.227 e. The quantitative estimate of drug-likeness (QED) is 0.502. The summed E-state index contributed by atoms with van der Waals surface area (Å²) >= 11 is 10.7. The lowest BCUT2D eigenvalue weighted by atomic mass is 10.3. The number of para-hydroxylation sites is 1. The molecule has 0 saturated carbocycles. The molecule has 0 heterocycles. The summed E-state index contributed by atoms with van der Waals surface area (Å²) in [4.78, 5) is 11.9.